The van der Waals surface area contributed by atoms with Gasteiger partial charge >= 0.3 is 6.09 Å². The Morgan fingerprint density at radius 3 is 2.44 bits per heavy atom. The second kappa shape index (κ2) is 8.91. The molecule has 6 heteroatoms. The largest absolute Gasteiger partial charge is 0.481 e. The van der Waals surface area contributed by atoms with E-state index >= 15 is 0 Å². The molecule has 27 heavy (non-hydrogen) atoms. The van der Waals surface area contributed by atoms with Gasteiger partial charge in [-0.3, -0.25) is 0 Å². The SMILES string of the molecule is CCOC(=O)N1C(C)CC(N2CCC(c3cccc(OC)n3)CC2)CC1C. The van der Waals surface area contributed by atoms with Crippen molar-refractivity contribution in [1.82, 2.24) is 14.8 Å². The van der Waals surface area contributed by atoms with E-state index in [2.05, 4.69) is 29.8 Å². The lowest BCUT2D eigenvalue weighted by Gasteiger charge is -2.47. The summed E-state index contributed by atoms with van der Waals surface area (Å²) in [6.07, 6.45) is 4.12. The molecule has 0 aromatic carbocycles. The summed E-state index contributed by atoms with van der Waals surface area (Å²) in [5, 5.41) is 0. The fourth-order valence-corrected chi connectivity index (χ4v) is 4.73. The molecular formula is C21H33N3O3. The van der Waals surface area contributed by atoms with E-state index < -0.39 is 0 Å². The van der Waals surface area contributed by atoms with E-state index in [0.29, 0.717) is 24.4 Å². The Kier molecular flexibility index (Phi) is 6.58. The number of pyridine rings is 1. The first-order valence-corrected chi connectivity index (χ1v) is 10.2. The summed E-state index contributed by atoms with van der Waals surface area (Å²) in [4.78, 5) is 21.4. The highest BCUT2D eigenvalue weighted by Gasteiger charge is 2.38. The van der Waals surface area contributed by atoms with Crippen LogP contribution in [0.5, 0.6) is 5.88 Å². The van der Waals surface area contributed by atoms with Crippen molar-refractivity contribution in [2.45, 2.75) is 70.5 Å². The summed E-state index contributed by atoms with van der Waals surface area (Å²) < 4.78 is 10.5. The molecule has 2 atom stereocenters. The molecule has 2 aliphatic heterocycles. The third-order valence-electron chi connectivity index (χ3n) is 6.07. The van der Waals surface area contributed by atoms with Gasteiger partial charge in [-0.25, -0.2) is 9.78 Å². The predicted molar refractivity (Wildman–Crippen MR) is 105 cm³/mol. The Morgan fingerprint density at radius 1 is 1.19 bits per heavy atom. The van der Waals surface area contributed by atoms with Crippen molar-refractivity contribution in [2.24, 2.45) is 0 Å². The molecule has 0 saturated carbocycles. The quantitative estimate of drug-likeness (QED) is 0.804. The lowest BCUT2D eigenvalue weighted by Crippen LogP contribution is -2.56. The molecule has 2 saturated heterocycles. The Bertz CT molecular complexity index is 619. The third-order valence-corrected chi connectivity index (χ3v) is 6.07. The second-order valence-corrected chi connectivity index (χ2v) is 7.84. The zero-order valence-corrected chi connectivity index (χ0v) is 17.1. The average Bonchev–Trinajstić information content (AvgIpc) is 2.68. The molecule has 6 nitrogen and oxygen atoms in total. The van der Waals surface area contributed by atoms with Crippen molar-refractivity contribution in [3.05, 3.63) is 23.9 Å². The summed E-state index contributed by atoms with van der Waals surface area (Å²) in [6.45, 7) is 8.77. The number of carbonyl (C=O) groups excluding carboxylic acids is 1. The number of rotatable bonds is 4. The molecule has 1 amide bonds. The minimum absolute atomic E-state index is 0.168. The van der Waals surface area contributed by atoms with Gasteiger partial charge in [0.25, 0.3) is 0 Å². The van der Waals surface area contributed by atoms with E-state index in [4.69, 9.17) is 9.47 Å². The summed E-state index contributed by atoms with van der Waals surface area (Å²) in [5.74, 6) is 1.20. The number of nitrogens with zero attached hydrogens (tertiary/aromatic N) is 3. The van der Waals surface area contributed by atoms with Crippen LogP contribution in [0.4, 0.5) is 4.79 Å². The first-order valence-electron chi connectivity index (χ1n) is 10.2. The van der Waals surface area contributed by atoms with Crippen molar-refractivity contribution in [1.29, 1.82) is 0 Å². The minimum Gasteiger partial charge on any atom is -0.481 e. The van der Waals surface area contributed by atoms with Gasteiger partial charge in [-0.05, 0) is 65.6 Å². The van der Waals surface area contributed by atoms with Gasteiger partial charge in [0.15, 0.2) is 0 Å². The maximum absolute atomic E-state index is 12.2. The molecule has 3 rings (SSSR count). The van der Waals surface area contributed by atoms with Crippen molar-refractivity contribution in [3.63, 3.8) is 0 Å². The molecule has 1 aromatic rings. The summed E-state index contributed by atoms with van der Waals surface area (Å²) in [5.41, 5.74) is 1.15. The van der Waals surface area contributed by atoms with Crippen LogP contribution >= 0.6 is 0 Å². The molecule has 0 N–H and O–H groups in total. The monoisotopic (exact) mass is 375 g/mol. The zero-order chi connectivity index (χ0) is 19.4. The van der Waals surface area contributed by atoms with Gasteiger partial charge in [-0.1, -0.05) is 6.07 Å². The standard InChI is InChI=1S/C21H33N3O3/c1-5-27-21(25)24-15(2)13-18(14-16(24)3)23-11-9-17(10-12-23)19-7-6-8-20(22-19)26-4/h6-8,15-18H,5,9-14H2,1-4H3. The molecule has 0 spiro atoms. The maximum atomic E-state index is 12.2. The normalized spacial score (nSPS) is 27.4. The minimum atomic E-state index is -0.168. The van der Waals surface area contributed by atoms with E-state index in [1.165, 1.54) is 0 Å². The highest BCUT2D eigenvalue weighted by Crippen LogP contribution is 2.33. The molecule has 0 radical (unpaired) electrons. The van der Waals surface area contributed by atoms with Crippen molar-refractivity contribution < 1.29 is 14.3 Å². The van der Waals surface area contributed by atoms with Gasteiger partial charge in [-0.15, -0.1) is 0 Å². The van der Waals surface area contributed by atoms with E-state index in [-0.39, 0.29) is 18.2 Å². The zero-order valence-electron chi connectivity index (χ0n) is 17.1. The van der Waals surface area contributed by atoms with Gasteiger partial charge in [0.2, 0.25) is 5.88 Å². The van der Waals surface area contributed by atoms with Crippen LogP contribution in [0.1, 0.15) is 58.1 Å². The molecule has 1 aromatic heterocycles. The number of amides is 1. The summed E-state index contributed by atoms with van der Waals surface area (Å²) >= 11 is 0. The topological polar surface area (TPSA) is 54.9 Å². The highest BCUT2D eigenvalue weighted by molar-refractivity contribution is 5.68. The maximum Gasteiger partial charge on any atom is 0.410 e. The number of ether oxygens (including phenoxy) is 2. The van der Waals surface area contributed by atoms with Crippen LogP contribution in [0, 0.1) is 0 Å². The molecule has 3 heterocycles. The van der Waals surface area contributed by atoms with Gasteiger partial charge in [0.1, 0.15) is 0 Å². The third kappa shape index (κ3) is 4.54. The fraction of sp³-hybridized carbons (Fsp3) is 0.714. The molecule has 2 aliphatic rings. The van der Waals surface area contributed by atoms with Crippen LogP contribution in [0.25, 0.3) is 0 Å². The molecule has 2 fully saturated rings. The van der Waals surface area contributed by atoms with Crippen LogP contribution in [0.3, 0.4) is 0 Å². The Morgan fingerprint density at radius 2 is 1.85 bits per heavy atom. The predicted octanol–water partition coefficient (Wildman–Crippen LogP) is 3.67. The highest BCUT2D eigenvalue weighted by atomic mass is 16.6. The number of methoxy groups -OCH3 is 1. The Hall–Kier alpha value is -1.82. The van der Waals surface area contributed by atoms with E-state index in [1.54, 1.807) is 7.11 Å². The number of carbonyl (C=O) groups is 1. The smallest absolute Gasteiger partial charge is 0.410 e. The van der Waals surface area contributed by atoms with Crippen LogP contribution in [0.15, 0.2) is 18.2 Å². The summed E-state index contributed by atoms with van der Waals surface area (Å²) in [7, 11) is 1.67. The summed E-state index contributed by atoms with van der Waals surface area (Å²) in [6, 6.07) is 7.03. The first-order chi connectivity index (χ1) is 13.0. The van der Waals surface area contributed by atoms with E-state index in [9.17, 15) is 4.79 Å². The molecule has 150 valence electrons. The molecule has 2 unspecified atom stereocenters. The molecule has 0 aliphatic carbocycles. The van der Waals surface area contributed by atoms with Gasteiger partial charge in [0.05, 0.1) is 13.7 Å². The number of hydrogen-bond donors (Lipinski definition) is 0. The van der Waals surface area contributed by atoms with Crippen LogP contribution in [0.2, 0.25) is 0 Å². The molecular weight excluding hydrogens is 342 g/mol. The number of likely N-dealkylation sites (tertiary alicyclic amines) is 2. The van der Waals surface area contributed by atoms with Crippen LogP contribution in [-0.4, -0.2) is 65.8 Å². The Balaban J connectivity index is 1.56. The van der Waals surface area contributed by atoms with E-state index in [1.807, 2.05) is 24.0 Å². The van der Waals surface area contributed by atoms with Crippen LogP contribution in [-0.2, 0) is 4.74 Å². The van der Waals surface area contributed by atoms with E-state index in [0.717, 1.165) is 44.5 Å². The first kappa shape index (κ1) is 19.9. The number of aromatic nitrogens is 1. The molecule has 0 bridgehead atoms. The lowest BCUT2D eigenvalue weighted by atomic mass is 9.87. The second-order valence-electron chi connectivity index (χ2n) is 7.84. The van der Waals surface area contributed by atoms with Crippen molar-refractivity contribution in [3.8, 4) is 5.88 Å². The van der Waals surface area contributed by atoms with Crippen LogP contribution < -0.4 is 4.74 Å². The average molecular weight is 376 g/mol. The number of hydrogen-bond acceptors (Lipinski definition) is 5. The van der Waals surface area contributed by atoms with Crippen molar-refractivity contribution in [2.75, 3.05) is 26.8 Å². The number of piperidine rings is 2. The Labute approximate surface area is 162 Å². The van der Waals surface area contributed by atoms with Crippen molar-refractivity contribution >= 4 is 6.09 Å². The van der Waals surface area contributed by atoms with Gasteiger partial charge < -0.3 is 19.3 Å². The lowest BCUT2D eigenvalue weighted by molar-refractivity contribution is 0.0179. The fourth-order valence-electron chi connectivity index (χ4n) is 4.73. The van der Waals surface area contributed by atoms with Gasteiger partial charge in [0, 0.05) is 35.8 Å². The van der Waals surface area contributed by atoms with Gasteiger partial charge in [-0.2, -0.15) is 0 Å².